The van der Waals surface area contributed by atoms with Gasteiger partial charge in [0.05, 0.1) is 18.4 Å². The van der Waals surface area contributed by atoms with Gasteiger partial charge in [0.2, 0.25) is 0 Å². The number of hydrogen-bond acceptors (Lipinski definition) is 6. The summed E-state index contributed by atoms with van der Waals surface area (Å²) in [4.78, 5) is 20.7. The lowest BCUT2D eigenvalue weighted by Gasteiger charge is -2.12. The molecule has 1 unspecified atom stereocenters. The molecule has 2 N–H and O–H groups in total. The molecular weight excluding hydrogens is 320 g/mol. The van der Waals surface area contributed by atoms with Crippen LogP contribution in [0.1, 0.15) is 30.3 Å². The quantitative estimate of drug-likeness (QED) is 0.805. The van der Waals surface area contributed by atoms with Crippen molar-refractivity contribution in [1.29, 1.82) is 0 Å². The first-order chi connectivity index (χ1) is 12.3. The Morgan fingerprint density at radius 3 is 3.04 bits per heavy atom. The van der Waals surface area contributed by atoms with Crippen molar-refractivity contribution in [2.45, 2.75) is 25.9 Å². The Morgan fingerprint density at radius 1 is 1.36 bits per heavy atom. The number of anilines is 2. The summed E-state index contributed by atoms with van der Waals surface area (Å²) in [6, 6.07) is 8.94. The van der Waals surface area contributed by atoms with Crippen LogP contribution in [0.4, 0.5) is 11.5 Å². The first kappa shape index (κ1) is 17.2. The average molecular weight is 342 g/mol. The van der Waals surface area contributed by atoms with Crippen molar-refractivity contribution < 1.29 is 14.3 Å². The van der Waals surface area contributed by atoms with Crippen molar-refractivity contribution in [2.24, 2.45) is 0 Å². The molecule has 0 radical (unpaired) electrons. The molecule has 3 rings (SSSR count). The molecule has 25 heavy (non-hydrogen) atoms. The molecule has 0 saturated carbocycles. The van der Waals surface area contributed by atoms with Crippen LogP contribution in [0.3, 0.4) is 0 Å². The van der Waals surface area contributed by atoms with Gasteiger partial charge in [0.15, 0.2) is 0 Å². The third-order valence-corrected chi connectivity index (χ3v) is 3.87. The van der Waals surface area contributed by atoms with Crippen LogP contribution in [0.5, 0.6) is 5.75 Å². The molecule has 1 fully saturated rings. The van der Waals surface area contributed by atoms with Gasteiger partial charge < -0.3 is 20.1 Å². The molecule has 1 aliphatic rings. The van der Waals surface area contributed by atoms with Gasteiger partial charge in [-0.05, 0) is 31.9 Å². The predicted molar refractivity (Wildman–Crippen MR) is 95.1 cm³/mol. The lowest BCUT2D eigenvalue weighted by molar-refractivity contribution is 0.102. The Hall–Kier alpha value is -2.67. The first-order valence-corrected chi connectivity index (χ1v) is 8.47. The smallest absolute Gasteiger partial charge is 0.274 e. The number of carbonyl (C=O) groups is 1. The highest BCUT2D eigenvalue weighted by molar-refractivity contribution is 6.04. The predicted octanol–water partition coefficient (Wildman–Crippen LogP) is 2.72. The van der Waals surface area contributed by atoms with Gasteiger partial charge in [0, 0.05) is 19.2 Å². The lowest BCUT2D eigenvalue weighted by Crippen LogP contribution is -2.20. The van der Waals surface area contributed by atoms with E-state index in [9.17, 15) is 4.79 Å². The number of nitrogens with zero attached hydrogens (tertiary/aromatic N) is 2. The van der Waals surface area contributed by atoms with Crippen molar-refractivity contribution in [3.8, 4) is 5.75 Å². The van der Waals surface area contributed by atoms with Crippen molar-refractivity contribution in [3.63, 3.8) is 0 Å². The van der Waals surface area contributed by atoms with E-state index in [1.807, 2.05) is 25.1 Å². The molecule has 1 aromatic heterocycles. The van der Waals surface area contributed by atoms with Gasteiger partial charge in [-0.2, -0.15) is 0 Å². The number of ether oxygens (including phenoxy) is 2. The SMILES string of the molecule is CCOc1ccccc1NC(=O)c1cc(NCC2CCCO2)ncn1. The second kappa shape index (κ2) is 8.43. The standard InChI is InChI=1S/C18H22N4O3/c1-2-24-16-8-4-3-7-14(16)22-18(23)15-10-17(21-12-20-15)19-11-13-6-5-9-25-13/h3-4,7-8,10,12-13H,2,5-6,9,11H2,1H3,(H,22,23)(H,19,20,21). The Kier molecular flexibility index (Phi) is 5.79. The zero-order chi connectivity index (χ0) is 17.5. The van der Waals surface area contributed by atoms with E-state index in [2.05, 4.69) is 20.6 Å². The van der Waals surface area contributed by atoms with Gasteiger partial charge in [-0.25, -0.2) is 9.97 Å². The normalized spacial score (nSPS) is 16.4. The average Bonchev–Trinajstić information content (AvgIpc) is 3.16. The maximum Gasteiger partial charge on any atom is 0.274 e. The number of nitrogens with one attached hydrogen (secondary N) is 2. The highest BCUT2D eigenvalue weighted by atomic mass is 16.5. The minimum atomic E-state index is -0.310. The van der Waals surface area contributed by atoms with E-state index in [1.54, 1.807) is 12.1 Å². The molecule has 2 heterocycles. The number of amides is 1. The zero-order valence-corrected chi connectivity index (χ0v) is 14.2. The summed E-state index contributed by atoms with van der Waals surface area (Å²) in [6.07, 6.45) is 3.70. The van der Waals surface area contributed by atoms with Crippen LogP contribution in [0.15, 0.2) is 36.7 Å². The maximum atomic E-state index is 12.5. The number of para-hydroxylation sites is 2. The highest BCUT2D eigenvalue weighted by Crippen LogP contribution is 2.24. The Labute approximate surface area is 146 Å². The largest absolute Gasteiger partial charge is 0.492 e. The lowest BCUT2D eigenvalue weighted by atomic mass is 10.2. The Balaban J connectivity index is 1.65. The molecule has 1 atom stereocenters. The van der Waals surface area contributed by atoms with Gasteiger partial charge in [-0.1, -0.05) is 12.1 Å². The molecule has 2 aromatic rings. The molecule has 1 aliphatic heterocycles. The number of aromatic nitrogens is 2. The highest BCUT2D eigenvalue weighted by Gasteiger charge is 2.16. The summed E-state index contributed by atoms with van der Waals surface area (Å²) in [5, 5.41) is 6.03. The van der Waals surface area contributed by atoms with E-state index in [1.165, 1.54) is 6.33 Å². The van der Waals surface area contributed by atoms with E-state index in [0.717, 1.165) is 19.4 Å². The van der Waals surface area contributed by atoms with Gasteiger partial charge in [-0.15, -0.1) is 0 Å². The number of benzene rings is 1. The number of carbonyl (C=O) groups excluding carboxylic acids is 1. The van der Waals surface area contributed by atoms with Crippen LogP contribution in [-0.4, -0.2) is 41.7 Å². The van der Waals surface area contributed by atoms with E-state index in [-0.39, 0.29) is 17.7 Å². The number of hydrogen-bond donors (Lipinski definition) is 2. The summed E-state index contributed by atoms with van der Waals surface area (Å²) in [6.45, 7) is 3.90. The summed E-state index contributed by atoms with van der Waals surface area (Å²) < 4.78 is 11.1. The molecule has 0 bridgehead atoms. The minimum absolute atomic E-state index is 0.199. The Bertz CT molecular complexity index is 717. The monoisotopic (exact) mass is 342 g/mol. The molecule has 0 aliphatic carbocycles. The van der Waals surface area contributed by atoms with Gasteiger partial charge in [0.25, 0.3) is 5.91 Å². The van der Waals surface area contributed by atoms with Gasteiger partial charge in [-0.3, -0.25) is 4.79 Å². The van der Waals surface area contributed by atoms with Crippen LogP contribution in [0.2, 0.25) is 0 Å². The molecular formula is C18H22N4O3. The van der Waals surface area contributed by atoms with Crippen LogP contribution < -0.4 is 15.4 Å². The molecule has 132 valence electrons. The molecule has 0 spiro atoms. The zero-order valence-electron chi connectivity index (χ0n) is 14.2. The van der Waals surface area contributed by atoms with Crippen LogP contribution >= 0.6 is 0 Å². The van der Waals surface area contributed by atoms with E-state index in [4.69, 9.17) is 9.47 Å². The summed E-state index contributed by atoms with van der Waals surface area (Å²) >= 11 is 0. The van der Waals surface area contributed by atoms with E-state index in [0.29, 0.717) is 30.4 Å². The third-order valence-electron chi connectivity index (χ3n) is 3.87. The summed E-state index contributed by atoms with van der Waals surface area (Å²) in [7, 11) is 0. The molecule has 1 amide bonds. The maximum absolute atomic E-state index is 12.5. The van der Waals surface area contributed by atoms with Crippen molar-refractivity contribution >= 4 is 17.4 Å². The third kappa shape index (κ3) is 4.67. The second-order valence-electron chi connectivity index (χ2n) is 5.69. The van der Waals surface area contributed by atoms with Crippen molar-refractivity contribution in [3.05, 3.63) is 42.4 Å². The molecule has 7 heteroatoms. The summed E-state index contributed by atoms with van der Waals surface area (Å²) in [5.74, 6) is 0.924. The minimum Gasteiger partial charge on any atom is -0.492 e. The van der Waals surface area contributed by atoms with E-state index >= 15 is 0 Å². The van der Waals surface area contributed by atoms with Gasteiger partial charge >= 0.3 is 0 Å². The van der Waals surface area contributed by atoms with Crippen LogP contribution in [-0.2, 0) is 4.74 Å². The molecule has 7 nitrogen and oxygen atoms in total. The fourth-order valence-corrected chi connectivity index (χ4v) is 2.64. The topological polar surface area (TPSA) is 85.4 Å². The first-order valence-electron chi connectivity index (χ1n) is 8.47. The van der Waals surface area contributed by atoms with Gasteiger partial charge in [0.1, 0.15) is 23.6 Å². The van der Waals surface area contributed by atoms with Crippen molar-refractivity contribution in [1.82, 2.24) is 9.97 Å². The van der Waals surface area contributed by atoms with E-state index < -0.39 is 0 Å². The van der Waals surface area contributed by atoms with Crippen LogP contribution in [0.25, 0.3) is 0 Å². The molecule has 1 saturated heterocycles. The fraction of sp³-hybridized carbons (Fsp3) is 0.389. The Morgan fingerprint density at radius 2 is 2.24 bits per heavy atom. The second-order valence-corrected chi connectivity index (χ2v) is 5.69. The van der Waals surface area contributed by atoms with Crippen molar-refractivity contribution in [2.75, 3.05) is 30.4 Å². The van der Waals surface area contributed by atoms with Crippen LogP contribution in [0, 0.1) is 0 Å². The number of rotatable bonds is 7. The fourth-order valence-electron chi connectivity index (χ4n) is 2.64. The molecule has 1 aromatic carbocycles. The summed E-state index contributed by atoms with van der Waals surface area (Å²) in [5.41, 5.74) is 0.901.